The van der Waals surface area contributed by atoms with Crippen LogP contribution in [0.2, 0.25) is 0 Å². The molecule has 0 saturated carbocycles. The van der Waals surface area contributed by atoms with E-state index in [-0.39, 0.29) is 6.42 Å². The molecule has 4 nitrogen and oxygen atoms in total. The van der Waals surface area contributed by atoms with E-state index in [1.165, 1.54) is 11.6 Å². The summed E-state index contributed by atoms with van der Waals surface area (Å²) in [5, 5.41) is 20.3. The number of nitrogens with zero attached hydrogens (tertiary/aromatic N) is 1. The van der Waals surface area contributed by atoms with E-state index in [9.17, 15) is 15.2 Å². The summed E-state index contributed by atoms with van der Waals surface area (Å²) in [5.74, 6) is 1.70. The maximum absolute atomic E-state index is 10.7. The smallest absolute Gasteiger partial charge is 0.327 e. The third kappa shape index (κ3) is 3.68. The first-order valence-electron chi connectivity index (χ1n) is 5.97. The standard InChI is InChI=1S/C14H15NO3S/c16-14(15(17)18)8-6-13(7-9-14)11-19-10-12-4-2-1-3-5-12/h1-8,16H,9-11H2. The Bertz CT molecular complexity index is 513. The molecule has 5 heteroatoms. The molecule has 0 spiro atoms. The normalized spacial score (nSPS) is 22.1. The zero-order valence-corrected chi connectivity index (χ0v) is 11.2. The summed E-state index contributed by atoms with van der Waals surface area (Å²) < 4.78 is 0. The molecule has 100 valence electrons. The van der Waals surface area contributed by atoms with E-state index in [0.717, 1.165) is 17.1 Å². The third-order valence-corrected chi connectivity index (χ3v) is 4.00. The molecule has 2 rings (SSSR count). The second-order valence-electron chi connectivity index (χ2n) is 4.43. The topological polar surface area (TPSA) is 63.4 Å². The largest absolute Gasteiger partial charge is 0.345 e. The van der Waals surface area contributed by atoms with E-state index in [2.05, 4.69) is 12.1 Å². The number of hydrogen-bond donors (Lipinski definition) is 1. The molecule has 1 aromatic carbocycles. The summed E-state index contributed by atoms with van der Waals surface area (Å²) in [7, 11) is 0. The Morgan fingerprint density at radius 3 is 2.63 bits per heavy atom. The minimum atomic E-state index is -1.92. The molecule has 0 aromatic heterocycles. The van der Waals surface area contributed by atoms with Crippen LogP contribution in [0.3, 0.4) is 0 Å². The van der Waals surface area contributed by atoms with Gasteiger partial charge in [-0.15, -0.1) is 0 Å². The molecule has 1 aliphatic rings. The lowest BCUT2D eigenvalue weighted by molar-refractivity contribution is -0.607. The molecule has 1 unspecified atom stereocenters. The number of rotatable bonds is 5. The number of allylic oxidation sites excluding steroid dienone is 1. The van der Waals surface area contributed by atoms with Gasteiger partial charge in [0.15, 0.2) is 0 Å². The van der Waals surface area contributed by atoms with E-state index >= 15 is 0 Å². The fourth-order valence-corrected chi connectivity index (χ4v) is 2.74. The maximum Gasteiger partial charge on any atom is 0.345 e. The molecule has 0 aliphatic heterocycles. The van der Waals surface area contributed by atoms with Crippen molar-refractivity contribution < 1.29 is 10.0 Å². The molecule has 0 bridgehead atoms. The summed E-state index contributed by atoms with van der Waals surface area (Å²) in [6.07, 6.45) is 4.69. The highest BCUT2D eigenvalue weighted by Gasteiger charge is 2.37. The molecule has 0 radical (unpaired) electrons. The number of nitro groups is 1. The van der Waals surface area contributed by atoms with E-state index < -0.39 is 10.6 Å². The lowest BCUT2D eigenvalue weighted by atomic mass is 10.0. The minimum absolute atomic E-state index is 0.0394. The molecule has 1 aliphatic carbocycles. The molecular formula is C14H15NO3S. The van der Waals surface area contributed by atoms with Crippen LogP contribution in [-0.2, 0) is 5.75 Å². The van der Waals surface area contributed by atoms with E-state index in [1.54, 1.807) is 23.9 Å². The van der Waals surface area contributed by atoms with Crippen LogP contribution in [0.5, 0.6) is 0 Å². The van der Waals surface area contributed by atoms with Crippen LogP contribution in [0.15, 0.2) is 54.1 Å². The first kappa shape index (κ1) is 13.8. The first-order chi connectivity index (χ1) is 9.10. The van der Waals surface area contributed by atoms with Gasteiger partial charge in [0.25, 0.3) is 0 Å². The Balaban J connectivity index is 1.82. The van der Waals surface area contributed by atoms with Gasteiger partial charge in [0.1, 0.15) is 0 Å². The highest BCUT2D eigenvalue weighted by molar-refractivity contribution is 7.98. The highest BCUT2D eigenvalue weighted by atomic mass is 32.2. The monoisotopic (exact) mass is 277 g/mol. The third-order valence-electron chi connectivity index (χ3n) is 2.93. The van der Waals surface area contributed by atoms with Gasteiger partial charge in [-0.2, -0.15) is 11.8 Å². The van der Waals surface area contributed by atoms with Gasteiger partial charge in [0.05, 0.1) is 11.3 Å². The van der Waals surface area contributed by atoms with Gasteiger partial charge in [-0.1, -0.05) is 42.5 Å². The van der Waals surface area contributed by atoms with Crippen molar-refractivity contribution in [2.75, 3.05) is 5.75 Å². The molecule has 0 saturated heterocycles. The second kappa shape index (κ2) is 6.04. The van der Waals surface area contributed by atoms with Crippen LogP contribution in [0.1, 0.15) is 12.0 Å². The number of thioether (sulfide) groups is 1. The Morgan fingerprint density at radius 2 is 2.05 bits per heavy atom. The Morgan fingerprint density at radius 1 is 1.32 bits per heavy atom. The molecule has 19 heavy (non-hydrogen) atoms. The lowest BCUT2D eigenvalue weighted by Crippen LogP contribution is -2.36. The Hall–Kier alpha value is -1.59. The van der Waals surface area contributed by atoms with Crippen molar-refractivity contribution in [2.24, 2.45) is 0 Å². The van der Waals surface area contributed by atoms with Crippen molar-refractivity contribution in [2.45, 2.75) is 17.9 Å². The van der Waals surface area contributed by atoms with Crippen LogP contribution in [-0.4, -0.2) is 21.5 Å². The predicted octanol–water partition coefficient (Wildman–Crippen LogP) is 2.77. The molecule has 1 N–H and O–H groups in total. The average molecular weight is 277 g/mol. The van der Waals surface area contributed by atoms with Gasteiger partial charge < -0.3 is 5.11 Å². The Kier molecular flexibility index (Phi) is 4.39. The van der Waals surface area contributed by atoms with E-state index in [0.29, 0.717) is 0 Å². The van der Waals surface area contributed by atoms with Gasteiger partial charge >= 0.3 is 5.72 Å². The van der Waals surface area contributed by atoms with Crippen molar-refractivity contribution in [1.29, 1.82) is 0 Å². The molecular weight excluding hydrogens is 262 g/mol. The number of benzene rings is 1. The second-order valence-corrected chi connectivity index (χ2v) is 5.42. The van der Waals surface area contributed by atoms with Crippen molar-refractivity contribution in [1.82, 2.24) is 0 Å². The molecule has 1 aromatic rings. The first-order valence-corrected chi connectivity index (χ1v) is 7.12. The minimum Gasteiger partial charge on any atom is -0.327 e. The van der Waals surface area contributed by atoms with Crippen molar-refractivity contribution in [3.63, 3.8) is 0 Å². The Labute approximate surface area is 116 Å². The molecule has 0 amide bonds. The van der Waals surface area contributed by atoms with Gasteiger partial charge in [0.2, 0.25) is 0 Å². The summed E-state index contributed by atoms with van der Waals surface area (Å²) in [6.45, 7) is 0. The van der Waals surface area contributed by atoms with Crippen LogP contribution in [0, 0.1) is 10.1 Å². The van der Waals surface area contributed by atoms with Gasteiger partial charge in [-0.25, -0.2) is 0 Å². The summed E-state index contributed by atoms with van der Waals surface area (Å²) >= 11 is 1.75. The molecule has 0 fully saturated rings. The van der Waals surface area contributed by atoms with Gasteiger partial charge in [0, 0.05) is 17.6 Å². The van der Waals surface area contributed by atoms with Gasteiger partial charge in [-0.3, -0.25) is 10.1 Å². The van der Waals surface area contributed by atoms with Crippen LogP contribution in [0.25, 0.3) is 0 Å². The van der Waals surface area contributed by atoms with Crippen molar-refractivity contribution in [3.05, 3.63) is 69.8 Å². The quantitative estimate of drug-likeness (QED) is 0.510. The predicted molar refractivity (Wildman–Crippen MR) is 76.4 cm³/mol. The van der Waals surface area contributed by atoms with E-state index in [1.807, 2.05) is 18.2 Å². The zero-order chi connectivity index (χ0) is 13.7. The maximum atomic E-state index is 10.7. The zero-order valence-electron chi connectivity index (χ0n) is 10.4. The molecule has 0 heterocycles. The van der Waals surface area contributed by atoms with Crippen LogP contribution < -0.4 is 0 Å². The SMILES string of the molecule is O=[N+]([O-])C1(O)C=CC(CSCc2ccccc2)=CC1. The number of aliphatic hydroxyl groups is 1. The fraction of sp³-hybridized carbons (Fsp3) is 0.286. The number of hydrogen-bond acceptors (Lipinski definition) is 4. The average Bonchev–Trinajstić information content (AvgIpc) is 2.42. The summed E-state index contributed by atoms with van der Waals surface area (Å²) in [6, 6.07) is 10.1. The van der Waals surface area contributed by atoms with Crippen molar-refractivity contribution >= 4 is 11.8 Å². The van der Waals surface area contributed by atoms with Gasteiger partial charge in [-0.05, 0) is 11.1 Å². The van der Waals surface area contributed by atoms with Crippen molar-refractivity contribution in [3.8, 4) is 0 Å². The molecule has 1 atom stereocenters. The van der Waals surface area contributed by atoms with Crippen LogP contribution >= 0.6 is 11.8 Å². The van der Waals surface area contributed by atoms with Crippen LogP contribution in [0.4, 0.5) is 0 Å². The van der Waals surface area contributed by atoms with E-state index in [4.69, 9.17) is 0 Å². The fourth-order valence-electron chi connectivity index (χ4n) is 1.76. The highest BCUT2D eigenvalue weighted by Crippen LogP contribution is 2.24. The lowest BCUT2D eigenvalue weighted by Gasteiger charge is -2.17. The summed E-state index contributed by atoms with van der Waals surface area (Å²) in [4.78, 5) is 9.99. The summed E-state index contributed by atoms with van der Waals surface area (Å²) in [5.41, 5.74) is 0.357.